The molecule has 1 nitrogen and oxygen atoms in total. The predicted octanol–water partition coefficient (Wildman–Crippen LogP) is 10.1. The third-order valence-electron chi connectivity index (χ3n) is 14.0. The van der Waals surface area contributed by atoms with Gasteiger partial charge in [0.15, 0.2) is 5.78 Å². The van der Waals surface area contributed by atoms with Gasteiger partial charge < -0.3 is 0 Å². The SMILES string of the molecule is CCC(C[C@@H](C)C(C)(C)[C@H]1CC[C@@]2(C)C3=CC(=O)[C@@H]4C[C@@H](C)[C@@H](C)C[C@]4(C)C3CC[C@]12C)C(C)(C)C. The Morgan fingerprint density at radius 2 is 1.61 bits per heavy atom. The van der Waals surface area contributed by atoms with Crippen LogP contribution in [0.4, 0.5) is 0 Å². The molecule has 0 aliphatic heterocycles. The topological polar surface area (TPSA) is 17.1 Å². The highest BCUT2D eigenvalue weighted by Crippen LogP contribution is 2.74. The van der Waals surface area contributed by atoms with Gasteiger partial charge in [0.05, 0.1) is 0 Å². The van der Waals surface area contributed by atoms with Crippen molar-refractivity contribution < 1.29 is 4.79 Å². The first-order valence-electron chi connectivity index (χ1n) is 15.7. The van der Waals surface area contributed by atoms with Crippen molar-refractivity contribution in [2.24, 2.45) is 68.5 Å². The summed E-state index contributed by atoms with van der Waals surface area (Å²) in [5.41, 5.74) is 2.88. The summed E-state index contributed by atoms with van der Waals surface area (Å²) in [7, 11) is 0. The first kappa shape index (κ1) is 28.4. The molecule has 0 saturated heterocycles. The minimum absolute atomic E-state index is 0.166. The van der Waals surface area contributed by atoms with E-state index in [9.17, 15) is 4.79 Å². The molecule has 0 bridgehead atoms. The molecule has 0 aromatic heterocycles. The van der Waals surface area contributed by atoms with Crippen LogP contribution >= 0.6 is 0 Å². The van der Waals surface area contributed by atoms with E-state index in [2.05, 4.69) is 89.2 Å². The Morgan fingerprint density at radius 1 is 0.972 bits per heavy atom. The van der Waals surface area contributed by atoms with Crippen LogP contribution < -0.4 is 0 Å². The van der Waals surface area contributed by atoms with Crippen LogP contribution in [0, 0.1) is 68.5 Å². The minimum Gasteiger partial charge on any atom is -0.295 e. The van der Waals surface area contributed by atoms with E-state index in [1.165, 1.54) is 44.9 Å². The highest BCUT2D eigenvalue weighted by Gasteiger charge is 2.66. The lowest BCUT2D eigenvalue weighted by Crippen LogP contribution is -2.56. The fourth-order valence-electron chi connectivity index (χ4n) is 10.7. The number of carbonyl (C=O) groups is 1. The molecule has 3 saturated carbocycles. The number of rotatable bonds is 5. The lowest BCUT2D eigenvalue weighted by Gasteiger charge is -2.62. The standard InChI is InChI=1S/C35H60O/c1-13-25(31(5,6)7)19-24(4)32(8,9)30-15-17-34(11)27-20-29(36)28-18-22(2)23(3)21-33(28,10)26(27)14-16-35(30,34)12/h20,22-26,28,30H,13-19,21H2,1-12H3/t22-,23+,24-,25?,26?,28+,30-,33-,34+,35-/m1/s1. The van der Waals surface area contributed by atoms with Gasteiger partial charge in [-0.25, -0.2) is 0 Å². The Kier molecular flexibility index (Phi) is 7.09. The van der Waals surface area contributed by atoms with Gasteiger partial charge in [-0.3, -0.25) is 4.79 Å². The number of fused-ring (bicyclic) bond motifs is 5. The van der Waals surface area contributed by atoms with E-state index in [-0.39, 0.29) is 22.2 Å². The molecule has 4 rings (SSSR count). The zero-order valence-electron chi connectivity index (χ0n) is 26.2. The highest BCUT2D eigenvalue weighted by molar-refractivity contribution is 5.94. The lowest BCUT2D eigenvalue weighted by atomic mass is 9.41. The van der Waals surface area contributed by atoms with Crippen molar-refractivity contribution in [1.29, 1.82) is 0 Å². The van der Waals surface area contributed by atoms with Crippen LogP contribution in [-0.4, -0.2) is 5.78 Å². The molecule has 10 atom stereocenters. The van der Waals surface area contributed by atoms with Crippen molar-refractivity contribution in [1.82, 2.24) is 0 Å². The molecule has 0 amide bonds. The minimum atomic E-state index is 0.166. The van der Waals surface area contributed by atoms with Crippen molar-refractivity contribution in [3.8, 4) is 0 Å². The summed E-state index contributed by atoms with van der Waals surface area (Å²) >= 11 is 0. The molecular formula is C35H60O. The second kappa shape index (κ2) is 8.98. The maximum Gasteiger partial charge on any atom is 0.159 e. The van der Waals surface area contributed by atoms with Crippen molar-refractivity contribution in [2.45, 2.75) is 134 Å². The Bertz CT molecular complexity index is 887. The number of ketones is 1. The van der Waals surface area contributed by atoms with Crippen LogP contribution in [0.2, 0.25) is 0 Å². The van der Waals surface area contributed by atoms with Crippen molar-refractivity contribution in [3.63, 3.8) is 0 Å². The van der Waals surface area contributed by atoms with Gasteiger partial charge >= 0.3 is 0 Å². The van der Waals surface area contributed by atoms with Crippen molar-refractivity contribution in [2.75, 3.05) is 0 Å². The molecule has 0 heterocycles. The summed E-state index contributed by atoms with van der Waals surface area (Å²) in [5.74, 6) is 4.92. The molecule has 36 heavy (non-hydrogen) atoms. The normalized spacial score (nSPS) is 44.8. The van der Waals surface area contributed by atoms with Gasteiger partial charge in [0.1, 0.15) is 0 Å². The maximum absolute atomic E-state index is 13.7. The van der Waals surface area contributed by atoms with E-state index in [4.69, 9.17) is 0 Å². The molecule has 1 heteroatoms. The predicted molar refractivity (Wildman–Crippen MR) is 155 cm³/mol. The average molecular weight is 497 g/mol. The average Bonchev–Trinajstić information content (AvgIpc) is 3.05. The maximum atomic E-state index is 13.7. The first-order valence-corrected chi connectivity index (χ1v) is 15.7. The summed E-state index contributed by atoms with van der Waals surface area (Å²) in [5, 5.41) is 0. The van der Waals surface area contributed by atoms with Gasteiger partial charge in [0.2, 0.25) is 0 Å². The van der Waals surface area contributed by atoms with E-state index in [0.29, 0.717) is 34.4 Å². The van der Waals surface area contributed by atoms with Gasteiger partial charge in [0.25, 0.3) is 0 Å². The van der Waals surface area contributed by atoms with Gasteiger partial charge in [-0.15, -0.1) is 0 Å². The van der Waals surface area contributed by atoms with E-state index < -0.39 is 0 Å². The first-order chi connectivity index (χ1) is 16.4. The van der Waals surface area contributed by atoms with Gasteiger partial charge in [-0.2, -0.15) is 0 Å². The van der Waals surface area contributed by atoms with E-state index in [0.717, 1.165) is 24.2 Å². The van der Waals surface area contributed by atoms with Gasteiger partial charge in [-0.1, -0.05) is 95.1 Å². The van der Waals surface area contributed by atoms with Crippen LogP contribution in [0.25, 0.3) is 0 Å². The van der Waals surface area contributed by atoms with Crippen LogP contribution in [0.15, 0.2) is 11.6 Å². The third kappa shape index (κ3) is 4.02. The number of carbonyl (C=O) groups excluding carboxylic acids is 1. The van der Waals surface area contributed by atoms with Crippen LogP contribution in [0.1, 0.15) is 134 Å². The van der Waals surface area contributed by atoms with Crippen LogP contribution in [0.5, 0.6) is 0 Å². The zero-order valence-corrected chi connectivity index (χ0v) is 26.2. The third-order valence-corrected chi connectivity index (χ3v) is 14.0. The monoisotopic (exact) mass is 496 g/mol. The molecule has 4 aliphatic rings. The van der Waals surface area contributed by atoms with Crippen LogP contribution in [-0.2, 0) is 4.79 Å². The second-order valence-corrected chi connectivity index (χ2v) is 16.8. The summed E-state index contributed by atoms with van der Waals surface area (Å²) in [6.45, 7) is 30.0. The number of allylic oxidation sites excluding steroid dienone is 2. The quantitative estimate of drug-likeness (QED) is 0.370. The molecule has 3 fully saturated rings. The zero-order chi connectivity index (χ0) is 27.1. The molecule has 2 unspecified atom stereocenters. The summed E-state index contributed by atoms with van der Waals surface area (Å²) in [6.07, 6.45) is 12.4. The Labute approximate surface area is 225 Å². The molecule has 0 aromatic carbocycles. The van der Waals surface area contributed by atoms with Crippen molar-refractivity contribution >= 4 is 5.78 Å². The molecular weight excluding hydrogens is 436 g/mol. The molecule has 206 valence electrons. The van der Waals surface area contributed by atoms with Gasteiger partial charge in [0, 0.05) is 5.92 Å². The van der Waals surface area contributed by atoms with Crippen LogP contribution in [0.3, 0.4) is 0 Å². The fourth-order valence-corrected chi connectivity index (χ4v) is 10.7. The van der Waals surface area contributed by atoms with E-state index in [1.807, 2.05) is 0 Å². The summed E-state index contributed by atoms with van der Waals surface area (Å²) in [6, 6.07) is 0. The second-order valence-electron chi connectivity index (χ2n) is 16.8. The Morgan fingerprint density at radius 3 is 2.19 bits per heavy atom. The summed E-state index contributed by atoms with van der Waals surface area (Å²) in [4.78, 5) is 13.7. The fraction of sp³-hybridized carbons (Fsp3) is 0.914. The molecule has 0 radical (unpaired) electrons. The Hall–Kier alpha value is -0.590. The molecule has 0 spiro atoms. The molecule has 0 N–H and O–H groups in total. The summed E-state index contributed by atoms with van der Waals surface area (Å²) < 4.78 is 0. The number of hydrogen-bond acceptors (Lipinski definition) is 1. The largest absolute Gasteiger partial charge is 0.295 e. The smallest absolute Gasteiger partial charge is 0.159 e. The highest BCUT2D eigenvalue weighted by atomic mass is 16.1. The Balaban J connectivity index is 1.66. The molecule has 4 aliphatic carbocycles. The van der Waals surface area contributed by atoms with Crippen molar-refractivity contribution in [3.05, 3.63) is 11.6 Å². The van der Waals surface area contributed by atoms with E-state index >= 15 is 0 Å². The van der Waals surface area contributed by atoms with Gasteiger partial charge in [-0.05, 0) is 114 Å². The van der Waals surface area contributed by atoms with E-state index in [1.54, 1.807) is 5.57 Å². The molecule has 0 aromatic rings. The lowest BCUT2D eigenvalue weighted by molar-refractivity contribution is -0.134. The number of hydrogen-bond donors (Lipinski definition) is 0.